The fraction of sp³-hybridized carbons (Fsp3) is 0.538. The molecular weight excluding hydrogens is 228 g/mol. The van der Waals surface area contributed by atoms with Crippen LogP contribution in [0, 0.1) is 13.8 Å². The summed E-state index contributed by atoms with van der Waals surface area (Å²) in [6.07, 6.45) is 2.81. The first-order valence-corrected chi connectivity index (χ1v) is 6.19. The van der Waals surface area contributed by atoms with Gasteiger partial charge in [-0.3, -0.25) is 0 Å². The molecule has 0 aliphatic carbocycles. The van der Waals surface area contributed by atoms with Crippen molar-refractivity contribution in [3.05, 3.63) is 17.7 Å². The molecule has 0 saturated heterocycles. The number of furan rings is 1. The molecule has 0 aliphatic rings. The minimum atomic E-state index is 0.631. The van der Waals surface area contributed by atoms with E-state index in [0.717, 1.165) is 42.0 Å². The lowest BCUT2D eigenvalue weighted by Crippen LogP contribution is -2.38. The van der Waals surface area contributed by atoms with Crippen molar-refractivity contribution in [2.75, 3.05) is 26.4 Å². The molecule has 0 aliphatic heterocycles. The summed E-state index contributed by atoms with van der Waals surface area (Å²) >= 11 is 0. The molecular formula is C13H21N4O+. The molecule has 18 heavy (non-hydrogen) atoms. The van der Waals surface area contributed by atoms with Crippen LogP contribution in [-0.2, 0) is 6.54 Å². The summed E-state index contributed by atoms with van der Waals surface area (Å²) < 4.78 is 7.56. The number of hydrogen-bond donors (Lipinski definition) is 1. The Balaban J connectivity index is 2.30. The topological polar surface area (TPSA) is 59.2 Å². The summed E-state index contributed by atoms with van der Waals surface area (Å²) in [5.74, 6) is 1.63. The molecule has 0 aromatic carbocycles. The van der Waals surface area contributed by atoms with Gasteiger partial charge in [0.2, 0.25) is 12.1 Å². The lowest BCUT2D eigenvalue weighted by atomic mass is 10.2. The lowest BCUT2D eigenvalue weighted by molar-refractivity contribution is -0.684. The van der Waals surface area contributed by atoms with E-state index in [4.69, 9.17) is 10.2 Å². The van der Waals surface area contributed by atoms with Crippen LogP contribution < -0.4 is 10.3 Å². The van der Waals surface area contributed by atoms with Gasteiger partial charge in [0, 0.05) is 12.1 Å². The van der Waals surface area contributed by atoms with Crippen molar-refractivity contribution in [1.29, 1.82) is 0 Å². The second-order valence-corrected chi connectivity index (χ2v) is 4.94. The number of rotatable bonds is 4. The number of nitrogens with two attached hydrogens (primary N) is 1. The van der Waals surface area contributed by atoms with Crippen LogP contribution in [0.3, 0.4) is 0 Å². The van der Waals surface area contributed by atoms with Crippen molar-refractivity contribution in [2.45, 2.75) is 26.8 Å². The number of aromatic nitrogens is 2. The highest BCUT2D eigenvalue weighted by molar-refractivity contribution is 5.86. The molecule has 98 valence electrons. The molecule has 2 aromatic rings. The van der Waals surface area contributed by atoms with Gasteiger partial charge in [0.05, 0.1) is 6.54 Å². The predicted molar refractivity (Wildman–Crippen MR) is 71.3 cm³/mol. The quantitative estimate of drug-likeness (QED) is 0.829. The largest absolute Gasteiger partial charge is 0.431 e. The van der Waals surface area contributed by atoms with E-state index in [-0.39, 0.29) is 0 Å². The van der Waals surface area contributed by atoms with Crippen LogP contribution in [0.15, 0.2) is 10.7 Å². The molecule has 2 N–H and O–H groups in total. The SMILES string of the molecule is Cc1oc2nc[n+](CCCN(C)C)c(N)c2c1C. The molecule has 0 unspecified atom stereocenters. The third-order valence-electron chi connectivity index (χ3n) is 3.25. The molecule has 5 nitrogen and oxygen atoms in total. The Bertz CT molecular complexity index is 560. The average molecular weight is 249 g/mol. The third kappa shape index (κ3) is 2.31. The second kappa shape index (κ2) is 4.94. The smallest absolute Gasteiger partial charge is 0.309 e. The van der Waals surface area contributed by atoms with Gasteiger partial charge in [-0.2, -0.15) is 0 Å². The van der Waals surface area contributed by atoms with E-state index in [2.05, 4.69) is 24.0 Å². The van der Waals surface area contributed by atoms with Crippen LogP contribution in [-0.4, -0.2) is 30.5 Å². The Morgan fingerprint density at radius 2 is 2.11 bits per heavy atom. The predicted octanol–water partition coefficient (Wildman–Crippen LogP) is 1.27. The average Bonchev–Trinajstić information content (AvgIpc) is 2.58. The van der Waals surface area contributed by atoms with E-state index in [9.17, 15) is 0 Å². The van der Waals surface area contributed by atoms with Crippen molar-refractivity contribution in [2.24, 2.45) is 0 Å². The van der Waals surface area contributed by atoms with Gasteiger partial charge in [0.15, 0.2) is 0 Å². The highest BCUT2D eigenvalue weighted by atomic mass is 16.3. The molecule has 0 amide bonds. The maximum atomic E-state index is 6.20. The maximum Gasteiger partial charge on any atom is 0.309 e. The Kier molecular flexibility index (Phi) is 3.52. The normalized spacial score (nSPS) is 11.6. The van der Waals surface area contributed by atoms with E-state index in [1.165, 1.54) is 0 Å². The highest BCUT2D eigenvalue weighted by Crippen LogP contribution is 2.25. The number of hydrogen-bond acceptors (Lipinski definition) is 4. The first-order valence-electron chi connectivity index (χ1n) is 6.19. The number of anilines is 1. The third-order valence-corrected chi connectivity index (χ3v) is 3.25. The van der Waals surface area contributed by atoms with E-state index in [0.29, 0.717) is 5.71 Å². The van der Waals surface area contributed by atoms with E-state index in [1.807, 2.05) is 18.4 Å². The number of aryl methyl sites for hydroxylation is 3. The maximum absolute atomic E-state index is 6.20. The van der Waals surface area contributed by atoms with Crippen LogP contribution >= 0.6 is 0 Å². The van der Waals surface area contributed by atoms with Crippen LogP contribution in [0.5, 0.6) is 0 Å². The van der Waals surface area contributed by atoms with Crippen molar-refractivity contribution < 1.29 is 8.98 Å². The van der Waals surface area contributed by atoms with Gasteiger partial charge < -0.3 is 15.1 Å². The van der Waals surface area contributed by atoms with Crippen molar-refractivity contribution in [1.82, 2.24) is 9.88 Å². The second-order valence-electron chi connectivity index (χ2n) is 4.94. The Labute approximate surface area is 107 Å². The van der Waals surface area contributed by atoms with Crippen LogP contribution in [0.4, 0.5) is 5.82 Å². The Morgan fingerprint density at radius 3 is 2.78 bits per heavy atom. The molecule has 5 heteroatoms. The highest BCUT2D eigenvalue weighted by Gasteiger charge is 2.18. The number of nitrogens with zero attached hydrogens (tertiary/aromatic N) is 3. The zero-order chi connectivity index (χ0) is 13.3. The molecule has 0 fully saturated rings. The summed E-state index contributed by atoms with van der Waals surface area (Å²) in [5.41, 5.74) is 7.91. The van der Waals surface area contributed by atoms with Crippen molar-refractivity contribution in [3.63, 3.8) is 0 Å². The fourth-order valence-electron chi connectivity index (χ4n) is 2.06. The van der Waals surface area contributed by atoms with Gasteiger partial charge in [-0.1, -0.05) is 4.98 Å². The minimum Gasteiger partial charge on any atom is -0.431 e. The monoisotopic (exact) mass is 249 g/mol. The van der Waals surface area contributed by atoms with Crippen LogP contribution in [0.2, 0.25) is 0 Å². The molecule has 2 aromatic heterocycles. The van der Waals surface area contributed by atoms with Gasteiger partial charge in [0.25, 0.3) is 0 Å². The summed E-state index contributed by atoms with van der Waals surface area (Å²) in [7, 11) is 4.14. The molecule has 0 atom stereocenters. The summed E-state index contributed by atoms with van der Waals surface area (Å²) in [4.78, 5) is 6.49. The summed E-state index contributed by atoms with van der Waals surface area (Å²) in [5, 5.41) is 0.944. The van der Waals surface area contributed by atoms with E-state index < -0.39 is 0 Å². The van der Waals surface area contributed by atoms with Gasteiger partial charge in [-0.25, -0.2) is 4.57 Å². The fourth-order valence-corrected chi connectivity index (χ4v) is 2.06. The first-order chi connectivity index (χ1) is 8.50. The van der Waals surface area contributed by atoms with Gasteiger partial charge in [0.1, 0.15) is 11.1 Å². The summed E-state index contributed by atoms with van der Waals surface area (Å²) in [6, 6.07) is 0. The van der Waals surface area contributed by atoms with Crippen LogP contribution in [0.1, 0.15) is 17.7 Å². The Morgan fingerprint density at radius 1 is 1.39 bits per heavy atom. The molecule has 2 heterocycles. The molecule has 2 rings (SSSR count). The van der Waals surface area contributed by atoms with Gasteiger partial charge >= 0.3 is 5.71 Å². The summed E-state index contributed by atoms with van der Waals surface area (Å²) in [6.45, 7) is 5.86. The van der Waals surface area contributed by atoms with Crippen molar-refractivity contribution in [3.8, 4) is 0 Å². The van der Waals surface area contributed by atoms with E-state index >= 15 is 0 Å². The zero-order valence-corrected chi connectivity index (χ0v) is 11.5. The molecule has 0 saturated carbocycles. The lowest BCUT2D eigenvalue weighted by Gasteiger charge is -2.09. The number of fused-ring (bicyclic) bond motifs is 1. The molecule has 0 spiro atoms. The van der Waals surface area contributed by atoms with Crippen LogP contribution in [0.25, 0.3) is 11.1 Å². The van der Waals surface area contributed by atoms with Gasteiger partial charge in [-0.15, -0.1) is 0 Å². The Hall–Kier alpha value is -1.62. The van der Waals surface area contributed by atoms with E-state index in [1.54, 1.807) is 6.33 Å². The zero-order valence-electron chi connectivity index (χ0n) is 11.5. The van der Waals surface area contributed by atoms with Crippen molar-refractivity contribution >= 4 is 16.9 Å². The molecule has 0 radical (unpaired) electrons. The number of nitrogen functional groups attached to an aromatic ring is 1. The molecule has 0 bridgehead atoms. The van der Waals surface area contributed by atoms with Gasteiger partial charge in [-0.05, 0) is 34.4 Å². The minimum absolute atomic E-state index is 0.631. The standard InChI is InChI=1S/C13H20N4O/c1-9-10(2)18-13-11(9)12(14)17(8-15-13)7-5-6-16(3)4/h8,14H,5-7H2,1-4H3/p+1. The first kappa shape index (κ1) is 12.8.